The summed E-state index contributed by atoms with van der Waals surface area (Å²) < 4.78 is 40.7. The number of anilines is 2. The molecule has 0 aromatic heterocycles. The Morgan fingerprint density at radius 2 is 1.77 bits per heavy atom. The fourth-order valence-electron chi connectivity index (χ4n) is 2.04. The molecule has 0 atom stereocenters. The van der Waals surface area contributed by atoms with Crippen molar-refractivity contribution in [1.29, 1.82) is 0 Å². The standard InChI is InChI=1S/C16H14ClFN2O5S/c1-9(21)20(2)11-5-3-10(4-6-11)19-26(24,25)15-7-12(16(22)23)14(18)8-13(15)17/h3-8,19H,1-2H3,(H,22,23). The van der Waals surface area contributed by atoms with Gasteiger partial charge in [-0.3, -0.25) is 9.52 Å². The number of hydrogen-bond donors (Lipinski definition) is 2. The Bertz CT molecular complexity index is 977. The van der Waals surface area contributed by atoms with Gasteiger partial charge in [0.15, 0.2) is 0 Å². The first kappa shape index (κ1) is 19.7. The van der Waals surface area contributed by atoms with Gasteiger partial charge in [-0.05, 0) is 36.4 Å². The number of benzene rings is 2. The minimum Gasteiger partial charge on any atom is -0.478 e. The average Bonchev–Trinajstić information content (AvgIpc) is 2.53. The van der Waals surface area contributed by atoms with Crippen LogP contribution in [-0.2, 0) is 14.8 Å². The Morgan fingerprint density at radius 3 is 2.27 bits per heavy atom. The molecule has 2 aromatic carbocycles. The van der Waals surface area contributed by atoms with E-state index in [1.54, 1.807) is 7.05 Å². The number of nitrogens with one attached hydrogen (secondary N) is 1. The number of amides is 1. The van der Waals surface area contributed by atoms with Crippen molar-refractivity contribution in [3.63, 3.8) is 0 Å². The third kappa shape index (κ3) is 4.12. The molecule has 0 saturated carbocycles. The van der Waals surface area contributed by atoms with Gasteiger partial charge >= 0.3 is 5.97 Å². The van der Waals surface area contributed by atoms with E-state index in [0.29, 0.717) is 17.8 Å². The summed E-state index contributed by atoms with van der Waals surface area (Å²) >= 11 is 5.76. The Balaban J connectivity index is 2.36. The summed E-state index contributed by atoms with van der Waals surface area (Å²) in [5, 5.41) is 8.48. The summed E-state index contributed by atoms with van der Waals surface area (Å²) in [6.07, 6.45) is 0. The molecule has 2 rings (SSSR count). The van der Waals surface area contributed by atoms with E-state index < -0.39 is 37.3 Å². The first-order chi connectivity index (χ1) is 12.0. The zero-order valence-corrected chi connectivity index (χ0v) is 15.2. The van der Waals surface area contributed by atoms with Gasteiger partial charge in [0.25, 0.3) is 10.0 Å². The lowest BCUT2D eigenvalue weighted by Gasteiger charge is -2.16. The molecule has 0 saturated heterocycles. The van der Waals surface area contributed by atoms with Crippen molar-refractivity contribution in [3.05, 3.63) is 52.8 Å². The molecule has 0 aliphatic rings. The normalized spacial score (nSPS) is 11.1. The largest absolute Gasteiger partial charge is 0.478 e. The van der Waals surface area contributed by atoms with Gasteiger partial charge in [-0.1, -0.05) is 11.6 Å². The lowest BCUT2D eigenvalue weighted by Crippen LogP contribution is -2.22. The molecule has 10 heteroatoms. The molecule has 26 heavy (non-hydrogen) atoms. The average molecular weight is 401 g/mol. The third-order valence-electron chi connectivity index (χ3n) is 3.52. The number of hydrogen-bond acceptors (Lipinski definition) is 4. The summed E-state index contributed by atoms with van der Waals surface area (Å²) in [4.78, 5) is 23.1. The minimum atomic E-state index is -4.26. The van der Waals surface area contributed by atoms with Crippen LogP contribution in [0.3, 0.4) is 0 Å². The highest BCUT2D eigenvalue weighted by atomic mass is 35.5. The Labute approximate surface area is 154 Å². The summed E-state index contributed by atoms with van der Waals surface area (Å²) in [5.41, 5.74) is -0.107. The Kier molecular flexibility index (Phi) is 5.53. The highest BCUT2D eigenvalue weighted by Gasteiger charge is 2.23. The highest BCUT2D eigenvalue weighted by Crippen LogP contribution is 2.27. The SMILES string of the molecule is CC(=O)N(C)c1ccc(NS(=O)(=O)c2cc(C(=O)O)c(F)cc2Cl)cc1. The fourth-order valence-corrected chi connectivity index (χ4v) is 3.64. The lowest BCUT2D eigenvalue weighted by atomic mass is 10.2. The van der Waals surface area contributed by atoms with Crippen molar-refractivity contribution >= 4 is 44.9 Å². The predicted molar refractivity (Wildman–Crippen MR) is 94.7 cm³/mol. The maximum Gasteiger partial charge on any atom is 0.338 e. The van der Waals surface area contributed by atoms with Gasteiger partial charge in [-0.2, -0.15) is 0 Å². The zero-order valence-electron chi connectivity index (χ0n) is 13.7. The number of carboxylic acids is 1. The van der Waals surface area contributed by atoms with Crippen molar-refractivity contribution in [2.45, 2.75) is 11.8 Å². The Morgan fingerprint density at radius 1 is 1.19 bits per heavy atom. The van der Waals surface area contributed by atoms with E-state index in [9.17, 15) is 22.4 Å². The second-order valence-electron chi connectivity index (χ2n) is 5.30. The van der Waals surface area contributed by atoms with Gasteiger partial charge in [-0.15, -0.1) is 0 Å². The van der Waals surface area contributed by atoms with E-state index in [2.05, 4.69) is 4.72 Å². The molecule has 0 spiro atoms. The van der Waals surface area contributed by atoms with E-state index in [4.69, 9.17) is 16.7 Å². The Hall–Kier alpha value is -2.65. The van der Waals surface area contributed by atoms with Crippen LogP contribution < -0.4 is 9.62 Å². The topological polar surface area (TPSA) is 104 Å². The second-order valence-corrected chi connectivity index (χ2v) is 7.36. The molecule has 138 valence electrons. The van der Waals surface area contributed by atoms with Crippen LogP contribution in [0, 0.1) is 5.82 Å². The molecule has 0 unspecified atom stereocenters. The van der Waals surface area contributed by atoms with E-state index in [1.807, 2.05) is 0 Å². The van der Waals surface area contributed by atoms with Crippen molar-refractivity contribution in [2.75, 3.05) is 16.7 Å². The van der Waals surface area contributed by atoms with Crippen molar-refractivity contribution in [3.8, 4) is 0 Å². The van der Waals surface area contributed by atoms with E-state index >= 15 is 0 Å². The molecule has 0 radical (unpaired) electrons. The van der Waals surface area contributed by atoms with E-state index in [1.165, 1.54) is 36.1 Å². The van der Waals surface area contributed by atoms with Crippen molar-refractivity contribution in [1.82, 2.24) is 0 Å². The molecule has 0 aliphatic heterocycles. The van der Waals surface area contributed by atoms with E-state index in [-0.39, 0.29) is 11.6 Å². The molecule has 0 bridgehead atoms. The number of carboxylic acid groups (broad SMARTS) is 1. The molecule has 0 fully saturated rings. The van der Waals surface area contributed by atoms with Gasteiger partial charge in [0.05, 0.1) is 10.6 Å². The number of carbonyl (C=O) groups is 2. The zero-order chi connectivity index (χ0) is 19.6. The first-order valence-electron chi connectivity index (χ1n) is 7.12. The smallest absolute Gasteiger partial charge is 0.338 e. The highest BCUT2D eigenvalue weighted by molar-refractivity contribution is 7.92. The predicted octanol–water partition coefficient (Wildman–Crippen LogP) is 2.96. The maximum atomic E-state index is 13.6. The summed E-state index contributed by atoms with van der Waals surface area (Å²) in [6, 6.07) is 7.16. The van der Waals surface area contributed by atoms with E-state index in [0.717, 1.165) is 0 Å². The van der Waals surface area contributed by atoms with Gasteiger partial charge in [0.1, 0.15) is 10.7 Å². The van der Waals surface area contributed by atoms with Crippen LogP contribution in [0.25, 0.3) is 0 Å². The molecule has 1 amide bonds. The number of aromatic carboxylic acids is 1. The van der Waals surface area contributed by atoms with Crippen LogP contribution >= 0.6 is 11.6 Å². The van der Waals surface area contributed by atoms with Crippen molar-refractivity contribution < 1.29 is 27.5 Å². The summed E-state index contributed by atoms with van der Waals surface area (Å²) in [5.74, 6) is -2.96. The van der Waals surface area contributed by atoms with Crippen LogP contribution in [0.15, 0.2) is 41.3 Å². The monoisotopic (exact) mass is 400 g/mol. The number of sulfonamides is 1. The van der Waals surface area contributed by atoms with Gasteiger partial charge in [-0.25, -0.2) is 17.6 Å². The summed E-state index contributed by atoms with van der Waals surface area (Å²) in [6.45, 7) is 1.38. The fraction of sp³-hybridized carbons (Fsp3) is 0.125. The molecule has 0 heterocycles. The van der Waals surface area contributed by atoms with Crippen molar-refractivity contribution in [2.24, 2.45) is 0 Å². The molecule has 0 aliphatic carbocycles. The number of halogens is 2. The summed E-state index contributed by atoms with van der Waals surface area (Å²) in [7, 11) is -2.70. The number of rotatable bonds is 5. The van der Waals surface area contributed by atoms with Crippen LogP contribution in [-0.4, -0.2) is 32.4 Å². The van der Waals surface area contributed by atoms with Crippen LogP contribution in [0.4, 0.5) is 15.8 Å². The first-order valence-corrected chi connectivity index (χ1v) is 8.98. The minimum absolute atomic E-state index is 0.156. The van der Waals surface area contributed by atoms with Gasteiger partial charge in [0.2, 0.25) is 5.91 Å². The van der Waals surface area contributed by atoms with Crippen LogP contribution in [0.2, 0.25) is 5.02 Å². The molecular formula is C16H14ClFN2O5S. The molecule has 2 N–H and O–H groups in total. The number of carbonyl (C=O) groups excluding carboxylic acids is 1. The molecule has 2 aromatic rings. The lowest BCUT2D eigenvalue weighted by molar-refractivity contribution is -0.116. The van der Waals surface area contributed by atoms with Crippen LogP contribution in [0.5, 0.6) is 0 Å². The van der Waals surface area contributed by atoms with Crippen LogP contribution in [0.1, 0.15) is 17.3 Å². The molecular weight excluding hydrogens is 387 g/mol. The third-order valence-corrected chi connectivity index (χ3v) is 5.37. The quantitative estimate of drug-likeness (QED) is 0.803. The molecule has 7 nitrogen and oxygen atoms in total. The second kappa shape index (κ2) is 7.30. The maximum absolute atomic E-state index is 13.6. The van der Waals surface area contributed by atoms with Gasteiger partial charge < -0.3 is 10.0 Å². The number of nitrogens with zero attached hydrogens (tertiary/aromatic N) is 1. The van der Waals surface area contributed by atoms with Gasteiger partial charge in [0, 0.05) is 25.3 Å².